The van der Waals surface area contributed by atoms with Crippen LogP contribution in [0.4, 0.5) is 11.5 Å². The molecule has 18 heavy (non-hydrogen) atoms. The van der Waals surface area contributed by atoms with Gasteiger partial charge < -0.3 is 10.1 Å². The molecule has 0 aliphatic heterocycles. The number of hydrogen-bond acceptors (Lipinski definition) is 9. The maximum absolute atomic E-state index is 10.9. The van der Waals surface area contributed by atoms with Crippen molar-refractivity contribution in [1.29, 1.82) is 0 Å². The van der Waals surface area contributed by atoms with E-state index in [1.54, 1.807) is 0 Å². The highest BCUT2D eigenvalue weighted by Crippen LogP contribution is 2.30. The van der Waals surface area contributed by atoms with Gasteiger partial charge in [0.1, 0.15) is 6.33 Å². The second-order valence-electron chi connectivity index (χ2n) is 3.02. The fourth-order valence-electron chi connectivity index (χ4n) is 1.23. The number of hydrogen-bond donors (Lipinski definition) is 2. The Balaban J connectivity index is 2.24. The van der Waals surface area contributed by atoms with Gasteiger partial charge in [-0.3, -0.25) is 10.1 Å². The summed E-state index contributed by atoms with van der Waals surface area (Å²) >= 11 is 0. The van der Waals surface area contributed by atoms with E-state index in [0.29, 0.717) is 5.82 Å². The van der Waals surface area contributed by atoms with E-state index < -0.39 is 4.92 Å². The number of rotatable bonds is 5. The van der Waals surface area contributed by atoms with Gasteiger partial charge in [-0.1, -0.05) is 5.21 Å². The molecule has 0 saturated heterocycles. The minimum Gasteiger partial charge on any atom is -0.476 e. The van der Waals surface area contributed by atoms with Crippen LogP contribution in [0, 0.1) is 10.1 Å². The Hall–Kier alpha value is -2.85. The molecule has 2 heterocycles. The number of methoxy groups -OCH3 is 1. The van der Waals surface area contributed by atoms with E-state index in [0.717, 1.165) is 6.33 Å². The zero-order valence-corrected chi connectivity index (χ0v) is 9.19. The third-order valence-corrected chi connectivity index (χ3v) is 1.97. The second-order valence-corrected chi connectivity index (χ2v) is 3.02. The SMILES string of the molecule is COc1ncnc(NCc2nn[nH]n2)c1[N+](=O)[O-]. The van der Waals surface area contributed by atoms with E-state index in [1.165, 1.54) is 7.11 Å². The van der Waals surface area contributed by atoms with E-state index in [4.69, 9.17) is 4.74 Å². The first-order valence-corrected chi connectivity index (χ1v) is 4.72. The molecule has 0 bridgehead atoms. The number of nitro groups is 1. The van der Waals surface area contributed by atoms with Crippen molar-refractivity contribution in [3.63, 3.8) is 0 Å². The van der Waals surface area contributed by atoms with E-state index in [1.807, 2.05) is 0 Å². The average molecular weight is 252 g/mol. The predicted octanol–water partition coefficient (Wildman–Crippen LogP) is -0.481. The van der Waals surface area contributed by atoms with Crippen LogP contribution in [0.1, 0.15) is 5.82 Å². The van der Waals surface area contributed by atoms with Crippen LogP contribution in [0.3, 0.4) is 0 Å². The van der Waals surface area contributed by atoms with Crippen molar-refractivity contribution in [2.45, 2.75) is 6.54 Å². The van der Waals surface area contributed by atoms with Crippen molar-refractivity contribution >= 4 is 11.5 Å². The normalized spacial score (nSPS) is 10.1. The lowest BCUT2D eigenvalue weighted by Crippen LogP contribution is -2.08. The standard InChI is InChI=1S/C7H8N8O3/c1-18-7-5(15(16)17)6(9-3-10-7)8-2-4-11-13-14-12-4/h3H,2H2,1H3,(H,8,9,10)(H,11,12,13,14). The van der Waals surface area contributed by atoms with Crippen LogP contribution in [0.5, 0.6) is 5.88 Å². The molecule has 0 aliphatic carbocycles. The summed E-state index contributed by atoms with van der Waals surface area (Å²) in [5, 5.41) is 26.6. The van der Waals surface area contributed by atoms with Crippen LogP contribution in [0.15, 0.2) is 6.33 Å². The Kier molecular flexibility index (Phi) is 3.22. The Morgan fingerprint density at radius 2 is 2.39 bits per heavy atom. The summed E-state index contributed by atoms with van der Waals surface area (Å²) in [5.41, 5.74) is -0.344. The molecule has 2 aromatic heterocycles. The minimum atomic E-state index is -0.628. The van der Waals surface area contributed by atoms with Gasteiger partial charge in [0.2, 0.25) is 5.82 Å². The van der Waals surface area contributed by atoms with Crippen LogP contribution in [-0.2, 0) is 6.54 Å². The van der Waals surface area contributed by atoms with Crippen LogP contribution in [0.2, 0.25) is 0 Å². The number of anilines is 1. The Morgan fingerprint density at radius 1 is 1.56 bits per heavy atom. The monoisotopic (exact) mass is 252 g/mol. The van der Waals surface area contributed by atoms with Crippen molar-refractivity contribution in [2.75, 3.05) is 12.4 Å². The van der Waals surface area contributed by atoms with Gasteiger partial charge in [0.05, 0.1) is 18.6 Å². The highest BCUT2D eigenvalue weighted by molar-refractivity contribution is 5.60. The van der Waals surface area contributed by atoms with Crippen LogP contribution in [0.25, 0.3) is 0 Å². The molecule has 94 valence electrons. The molecule has 2 aromatic rings. The van der Waals surface area contributed by atoms with Crippen molar-refractivity contribution in [1.82, 2.24) is 30.6 Å². The topological polar surface area (TPSA) is 145 Å². The summed E-state index contributed by atoms with van der Waals surface area (Å²) in [5.74, 6) is 0.254. The van der Waals surface area contributed by atoms with E-state index >= 15 is 0 Å². The Morgan fingerprint density at radius 3 is 3.00 bits per heavy atom. The van der Waals surface area contributed by atoms with Gasteiger partial charge in [0.15, 0.2) is 5.82 Å². The molecular formula is C7H8N8O3. The third-order valence-electron chi connectivity index (χ3n) is 1.97. The lowest BCUT2D eigenvalue weighted by Gasteiger charge is -2.05. The molecule has 2 N–H and O–H groups in total. The lowest BCUT2D eigenvalue weighted by molar-refractivity contribution is -0.385. The first-order chi connectivity index (χ1) is 8.72. The molecule has 0 aromatic carbocycles. The van der Waals surface area contributed by atoms with E-state index in [2.05, 4.69) is 35.9 Å². The molecule has 2 rings (SSSR count). The number of ether oxygens (including phenoxy) is 1. The molecule has 0 unspecified atom stereocenters. The first-order valence-electron chi connectivity index (χ1n) is 4.72. The zero-order chi connectivity index (χ0) is 13.0. The third kappa shape index (κ3) is 2.28. The van der Waals surface area contributed by atoms with Crippen molar-refractivity contribution in [2.24, 2.45) is 0 Å². The van der Waals surface area contributed by atoms with Gasteiger partial charge in [-0.25, -0.2) is 4.98 Å². The molecule has 0 fully saturated rings. The second kappa shape index (κ2) is 4.99. The number of nitrogens with one attached hydrogen (secondary N) is 2. The lowest BCUT2D eigenvalue weighted by atomic mass is 10.4. The van der Waals surface area contributed by atoms with Crippen LogP contribution >= 0.6 is 0 Å². The van der Waals surface area contributed by atoms with Crippen LogP contribution in [-0.4, -0.2) is 42.6 Å². The van der Waals surface area contributed by atoms with Crippen molar-refractivity contribution in [3.05, 3.63) is 22.3 Å². The molecule has 0 atom stereocenters. The Labute approximate surface area is 99.7 Å². The first kappa shape index (κ1) is 11.6. The smallest absolute Gasteiger partial charge is 0.372 e. The van der Waals surface area contributed by atoms with Gasteiger partial charge in [-0.05, 0) is 0 Å². The number of tetrazole rings is 1. The molecular weight excluding hydrogens is 244 g/mol. The van der Waals surface area contributed by atoms with E-state index in [9.17, 15) is 10.1 Å². The summed E-state index contributed by atoms with van der Waals surface area (Å²) in [6, 6.07) is 0. The minimum absolute atomic E-state index is 0.0247. The highest BCUT2D eigenvalue weighted by atomic mass is 16.6. The highest BCUT2D eigenvalue weighted by Gasteiger charge is 2.23. The van der Waals surface area contributed by atoms with Crippen molar-refractivity contribution < 1.29 is 9.66 Å². The predicted molar refractivity (Wildman–Crippen MR) is 56.7 cm³/mol. The number of aromatic amines is 1. The van der Waals surface area contributed by atoms with Crippen LogP contribution < -0.4 is 10.1 Å². The van der Waals surface area contributed by atoms with Gasteiger partial charge in [0, 0.05) is 0 Å². The summed E-state index contributed by atoms with van der Waals surface area (Å²) in [4.78, 5) is 17.7. The molecule has 0 amide bonds. The number of nitrogens with zero attached hydrogens (tertiary/aromatic N) is 6. The van der Waals surface area contributed by atoms with E-state index in [-0.39, 0.29) is 23.9 Å². The summed E-state index contributed by atoms with van der Waals surface area (Å²) in [7, 11) is 1.29. The number of H-pyrrole nitrogens is 1. The van der Waals surface area contributed by atoms with Gasteiger partial charge in [-0.15, -0.1) is 10.2 Å². The summed E-state index contributed by atoms with van der Waals surface area (Å²) in [6.45, 7) is 0.136. The summed E-state index contributed by atoms with van der Waals surface area (Å²) < 4.78 is 4.80. The maximum atomic E-state index is 10.9. The maximum Gasteiger partial charge on any atom is 0.372 e. The van der Waals surface area contributed by atoms with Gasteiger partial charge in [0.25, 0.3) is 5.88 Å². The number of aromatic nitrogens is 6. The molecule has 11 nitrogen and oxygen atoms in total. The summed E-state index contributed by atoms with van der Waals surface area (Å²) in [6.07, 6.45) is 1.16. The molecule has 0 saturated carbocycles. The largest absolute Gasteiger partial charge is 0.476 e. The molecule has 0 radical (unpaired) electrons. The van der Waals surface area contributed by atoms with Gasteiger partial charge in [-0.2, -0.15) is 10.2 Å². The molecule has 11 heteroatoms. The quantitative estimate of drug-likeness (QED) is 0.532. The fourth-order valence-corrected chi connectivity index (χ4v) is 1.23. The molecule has 0 aliphatic rings. The zero-order valence-electron chi connectivity index (χ0n) is 9.19. The Bertz CT molecular complexity index is 542. The average Bonchev–Trinajstić information content (AvgIpc) is 2.88. The van der Waals surface area contributed by atoms with Gasteiger partial charge >= 0.3 is 5.69 Å². The fraction of sp³-hybridized carbons (Fsp3) is 0.286. The molecule has 0 spiro atoms. The van der Waals surface area contributed by atoms with Crippen molar-refractivity contribution in [3.8, 4) is 5.88 Å².